The molecule has 0 saturated carbocycles. The lowest BCUT2D eigenvalue weighted by atomic mass is 10.2. The van der Waals surface area contributed by atoms with Gasteiger partial charge in [0.1, 0.15) is 6.42 Å². The number of Topliss-reactive ketones (excluding diaryl/α,β-unsaturated/α-hetero) is 1. The van der Waals surface area contributed by atoms with E-state index in [9.17, 15) is 9.59 Å². The van der Waals surface area contributed by atoms with Crippen molar-refractivity contribution < 1.29 is 14.3 Å². The second-order valence-electron chi connectivity index (χ2n) is 5.44. The SMILES string of the molecule is CCOC(=O)CC(=O)CN1CCC(N2CCCC2)C1. The van der Waals surface area contributed by atoms with Crippen LogP contribution in [0.4, 0.5) is 0 Å². The van der Waals surface area contributed by atoms with Crippen molar-refractivity contribution in [2.45, 2.75) is 38.6 Å². The van der Waals surface area contributed by atoms with Gasteiger partial charge in [0.2, 0.25) is 0 Å². The van der Waals surface area contributed by atoms with Gasteiger partial charge in [-0.3, -0.25) is 19.4 Å². The maximum Gasteiger partial charge on any atom is 0.313 e. The highest BCUT2D eigenvalue weighted by Crippen LogP contribution is 2.20. The molecule has 0 aromatic rings. The fourth-order valence-corrected chi connectivity index (χ4v) is 3.04. The number of rotatable bonds is 6. The van der Waals surface area contributed by atoms with Crippen molar-refractivity contribution in [3.8, 4) is 0 Å². The van der Waals surface area contributed by atoms with Crippen LogP contribution in [0.25, 0.3) is 0 Å². The first-order valence-corrected chi connectivity index (χ1v) is 7.32. The zero-order chi connectivity index (χ0) is 13.7. The van der Waals surface area contributed by atoms with Gasteiger partial charge in [-0.05, 0) is 39.3 Å². The third kappa shape index (κ3) is 4.28. The van der Waals surface area contributed by atoms with Crippen LogP contribution in [-0.2, 0) is 14.3 Å². The van der Waals surface area contributed by atoms with Gasteiger partial charge in [0.05, 0.1) is 13.2 Å². The summed E-state index contributed by atoms with van der Waals surface area (Å²) in [5.41, 5.74) is 0. The van der Waals surface area contributed by atoms with E-state index in [1.54, 1.807) is 6.92 Å². The summed E-state index contributed by atoms with van der Waals surface area (Å²) >= 11 is 0. The van der Waals surface area contributed by atoms with Crippen molar-refractivity contribution in [1.29, 1.82) is 0 Å². The summed E-state index contributed by atoms with van der Waals surface area (Å²) < 4.78 is 4.79. The topological polar surface area (TPSA) is 49.9 Å². The van der Waals surface area contributed by atoms with Gasteiger partial charge < -0.3 is 4.74 Å². The number of nitrogens with zero attached hydrogens (tertiary/aromatic N) is 2. The molecule has 108 valence electrons. The molecule has 0 amide bonds. The Bertz CT molecular complexity index is 327. The molecule has 0 radical (unpaired) electrons. The van der Waals surface area contributed by atoms with Crippen molar-refractivity contribution in [2.24, 2.45) is 0 Å². The molecule has 2 rings (SSSR count). The number of esters is 1. The van der Waals surface area contributed by atoms with Gasteiger partial charge in [0, 0.05) is 19.1 Å². The van der Waals surface area contributed by atoms with Crippen LogP contribution < -0.4 is 0 Å². The van der Waals surface area contributed by atoms with Gasteiger partial charge in [-0.1, -0.05) is 0 Å². The fourth-order valence-electron chi connectivity index (χ4n) is 3.04. The highest BCUT2D eigenvalue weighted by Gasteiger charge is 2.30. The third-order valence-electron chi connectivity index (χ3n) is 3.95. The fraction of sp³-hybridized carbons (Fsp3) is 0.857. The van der Waals surface area contributed by atoms with E-state index in [1.807, 2.05) is 0 Å². The second kappa shape index (κ2) is 7.01. The smallest absolute Gasteiger partial charge is 0.313 e. The number of carbonyl (C=O) groups is 2. The Morgan fingerprint density at radius 3 is 2.63 bits per heavy atom. The Hall–Kier alpha value is -0.940. The first-order valence-electron chi connectivity index (χ1n) is 7.32. The number of ketones is 1. The molecule has 2 fully saturated rings. The summed E-state index contributed by atoms with van der Waals surface area (Å²) in [7, 11) is 0. The molecule has 5 heteroatoms. The van der Waals surface area contributed by atoms with E-state index < -0.39 is 5.97 Å². The Balaban J connectivity index is 1.69. The highest BCUT2D eigenvalue weighted by atomic mass is 16.5. The average Bonchev–Trinajstić information content (AvgIpc) is 2.98. The summed E-state index contributed by atoms with van der Waals surface area (Å²) in [6, 6.07) is 0.609. The van der Waals surface area contributed by atoms with Gasteiger partial charge in [-0.15, -0.1) is 0 Å². The number of likely N-dealkylation sites (tertiary alicyclic amines) is 2. The molecule has 0 N–H and O–H groups in total. The average molecular weight is 268 g/mol. The molecular formula is C14H24N2O3. The predicted molar refractivity (Wildman–Crippen MR) is 71.9 cm³/mol. The zero-order valence-corrected chi connectivity index (χ0v) is 11.8. The lowest BCUT2D eigenvalue weighted by Gasteiger charge is -2.23. The molecule has 1 unspecified atom stereocenters. The summed E-state index contributed by atoms with van der Waals surface area (Å²) in [5.74, 6) is -0.427. The third-order valence-corrected chi connectivity index (χ3v) is 3.95. The summed E-state index contributed by atoms with van der Waals surface area (Å²) in [6.07, 6.45) is 3.67. The zero-order valence-electron chi connectivity index (χ0n) is 11.8. The molecule has 5 nitrogen and oxygen atoms in total. The minimum atomic E-state index is -0.400. The van der Waals surface area contributed by atoms with Crippen LogP contribution in [0.3, 0.4) is 0 Å². The van der Waals surface area contributed by atoms with Crippen molar-refractivity contribution in [1.82, 2.24) is 9.80 Å². The lowest BCUT2D eigenvalue weighted by molar-refractivity contribution is -0.145. The van der Waals surface area contributed by atoms with E-state index in [-0.39, 0.29) is 12.2 Å². The highest BCUT2D eigenvalue weighted by molar-refractivity contribution is 5.96. The molecule has 2 saturated heterocycles. The van der Waals surface area contributed by atoms with Crippen LogP contribution in [0.2, 0.25) is 0 Å². The number of hydrogen-bond donors (Lipinski definition) is 0. The maximum atomic E-state index is 11.8. The number of carbonyl (C=O) groups excluding carboxylic acids is 2. The van der Waals surface area contributed by atoms with E-state index >= 15 is 0 Å². The van der Waals surface area contributed by atoms with Gasteiger partial charge >= 0.3 is 5.97 Å². The molecule has 2 heterocycles. The van der Waals surface area contributed by atoms with Crippen molar-refractivity contribution in [3.05, 3.63) is 0 Å². The van der Waals surface area contributed by atoms with Crippen LogP contribution >= 0.6 is 0 Å². The Kier molecular flexibility index (Phi) is 5.34. The van der Waals surface area contributed by atoms with Crippen LogP contribution in [0, 0.1) is 0 Å². The maximum absolute atomic E-state index is 11.8. The Morgan fingerprint density at radius 1 is 1.21 bits per heavy atom. The molecular weight excluding hydrogens is 244 g/mol. The summed E-state index contributed by atoms with van der Waals surface area (Å²) in [6.45, 7) is 6.83. The molecule has 0 aromatic carbocycles. The van der Waals surface area contributed by atoms with E-state index in [0.717, 1.165) is 19.5 Å². The predicted octanol–water partition coefficient (Wildman–Crippen LogP) is 0.679. The number of hydrogen-bond acceptors (Lipinski definition) is 5. The molecule has 0 aromatic heterocycles. The Morgan fingerprint density at radius 2 is 1.95 bits per heavy atom. The van der Waals surface area contributed by atoms with Gasteiger partial charge in [0.15, 0.2) is 5.78 Å². The molecule has 2 aliphatic rings. The van der Waals surface area contributed by atoms with Crippen LogP contribution in [-0.4, -0.2) is 66.9 Å². The molecule has 1 atom stereocenters. The minimum absolute atomic E-state index is 0.0273. The van der Waals surface area contributed by atoms with Crippen molar-refractivity contribution in [3.63, 3.8) is 0 Å². The van der Waals surface area contributed by atoms with Gasteiger partial charge in [-0.2, -0.15) is 0 Å². The van der Waals surface area contributed by atoms with E-state index in [1.165, 1.54) is 25.9 Å². The minimum Gasteiger partial charge on any atom is -0.466 e. The van der Waals surface area contributed by atoms with E-state index in [4.69, 9.17) is 4.74 Å². The first-order chi connectivity index (χ1) is 9.19. The quantitative estimate of drug-likeness (QED) is 0.524. The molecule has 2 aliphatic heterocycles. The molecule has 0 aliphatic carbocycles. The first kappa shape index (κ1) is 14.5. The van der Waals surface area contributed by atoms with Crippen LogP contribution in [0.5, 0.6) is 0 Å². The normalized spacial score (nSPS) is 24.8. The Labute approximate surface area is 114 Å². The van der Waals surface area contributed by atoms with E-state index in [0.29, 0.717) is 19.2 Å². The molecule has 19 heavy (non-hydrogen) atoms. The number of ether oxygens (including phenoxy) is 1. The monoisotopic (exact) mass is 268 g/mol. The van der Waals surface area contributed by atoms with Gasteiger partial charge in [-0.25, -0.2) is 0 Å². The second-order valence-corrected chi connectivity index (χ2v) is 5.44. The largest absolute Gasteiger partial charge is 0.466 e. The summed E-state index contributed by atoms with van der Waals surface area (Å²) in [5, 5.41) is 0. The van der Waals surface area contributed by atoms with Gasteiger partial charge in [0.25, 0.3) is 0 Å². The lowest BCUT2D eigenvalue weighted by Crippen LogP contribution is -2.36. The molecule has 0 spiro atoms. The standard InChI is InChI=1S/C14H24N2O3/c1-2-19-14(18)9-13(17)11-15-8-5-12(10-15)16-6-3-4-7-16/h12H,2-11H2,1H3. The summed E-state index contributed by atoms with van der Waals surface area (Å²) in [4.78, 5) is 27.7. The van der Waals surface area contributed by atoms with Crippen molar-refractivity contribution >= 4 is 11.8 Å². The van der Waals surface area contributed by atoms with Crippen LogP contribution in [0.1, 0.15) is 32.6 Å². The van der Waals surface area contributed by atoms with Crippen LogP contribution in [0.15, 0.2) is 0 Å². The van der Waals surface area contributed by atoms with E-state index in [2.05, 4.69) is 9.80 Å². The molecule has 0 bridgehead atoms. The van der Waals surface area contributed by atoms with Crippen molar-refractivity contribution in [2.75, 3.05) is 39.3 Å².